The average molecular weight is 377 g/mol. The van der Waals surface area contributed by atoms with Crippen molar-refractivity contribution in [1.82, 2.24) is 5.32 Å². The van der Waals surface area contributed by atoms with E-state index in [-0.39, 0.29) is 17.8 Å². The Bertz CT molecular complexity index is 933. The Balaban J connectivity index is 1.63. The van der Waals surface area contributed by atoms with Crippen LogP contribution in [0.5, 0.6) is 0 Å². The highest BCUT2D eigenvalue weighted by atomic mass is 19.2. The first kappa shape index (κ1) is 18.4. The maximum Gasteiger partial charge on any atom is 0.243 e. The number of fused-ring (bicyclic) bond motifs is 1. The molecular weight excluding hydrogens is 363 g/mol. The number of hydrogen-bond acceptors (Lipinski definition) is 3. The van der Waals surface area contributed by atoms with E-state index in [1.807, 2.05) is 0 Å². The van der Waals surface area contributed by atoms with Gasteiger partial charge in [-0.1, -0.05) is 6.07 Å². The number of carbonyl (C=O) groups is 3. The van der Waals surface area contributed by atoms with E-state index in [0.717, 1.165) is 18.2 Å². The van der Waals surface area contributed by atoms with Gasteiger partial charge in [-0.15, -0.1) is 0 Å². The molecule has 0 fully saturated rings. The van der Waals surface area contributed by atoms with E-state index in [1.165, 1.54) is 18.2 Å². The summed E-state index contributed by atoms with van der Waals surface area (Å²) >= 11 is 0. The second-order valence-electron chi connectivity index (χ2n) is 5.93. The monoisotopic (exact) mass is 377 g/mol. The molecule has 1 aliphatic heterocycles. The molecule has 0 unspecified atom stereocenters. The molecule has 0 bridgehead atoms. The minimum Gasteiger partial charge on any atom is -0.346 e. The summed E-state index contributed by atoms with van der Waals surface area (Å²) in [7, 11) is 0. The number of benzene rings is 2. The first-order valence-electron chi connectivity index (χ1n) is 7.95. The lowest BCUT2D eigenvalue weighted by Crippen LogP contribution is -2.39. The average Bonchev–Trinajstić information content (AvgIpc) is 2.61. The minimum atomic E-state index is -1.12. The third kappa shape index (κ3) is 4.25. The van der Waals surface area contributed by atoms with Crippen molar-refractivity contribution < 1.29 is 27.6 Å². The Kier molecular flexibility index (Phi) is 5.11. The van der Waals surface area contributed by atoms with Gasteiger partial charge in [0, 0.05) is 23.9 Å². The summed E-state index contributed by atoms with van der Waals surface area (Å²) in [6.45, 7) is -0.438. The van der Waals surface area contributed by atoms with Crippen molar-refractivity contribution >= 4 is 29.1 Å². The Hall–Kier alpha value is -3.36. The second-order valence-corrected chi connectivity index (χ2v) is 5.93. The van der Waals surface area contributed by atoms with Crippen LogP contribution in [0.25, 0.3) is 0 Å². The van der Waals surface area contributed by atoms with Crippen LogP contribution in [0, 0.1) is 17.5 Å². The lowest BCUT2D eigenvalue weighted by Gasteiger charge is -2.24. The largest absolute Gasteiger partial charge is 0.346 e. The predicted octanol–water partition coefficient (Wildman–Crippen LogP) is 2.28. The summed E-state index contributed by atoms with van der Waals surface area (Å²) in [6, 6.07) is 6.53. The molecule has 3 N–H and O–H groups in total. The normalized spacial score (nSPS) is 15.5. The van der Waals surface area contributed by atoms with E-state index in [1.54, 1.807) is 0 Å². The van der Waals surface area contributed by atoms with Crippen LogP contribution in [-0.2, 0) is 14.4 Å². The molecule has 3 amide bonds. The lowest BCUT2D eigenvalue weighted by atomic mass is 9.89. The van der Waals surface area contributed by atoms with Gasteiger partial charge in [-0.3, -0.25) is 14.4 Å². The molecule has 0 radical (unpaired) electrons. The van der Waals surface area contributed by atoms with Gasteiger partial charge >= 0.3 is 0 Å². The van der Waals surface area contributed by atoms with Crippen LogP contribution in [0.3, 0.4) is 0 Å². The third-order valence-electron chi connectivity index (χ3n) is 4.00. The van der Waals surface area contributed by atoms with Gasteiger partial charge in [0.25, 0.3) is 0 Å². The van der Waals surface area contributed by atoms with Crippen molar-refractivity contribution in [2.45, 2.75) is 12.3 Å². The molecule has 0 spiro atoms. The van der Waals surface area contributed by atoms with E-state index in [2.05, 4.69) is 16.0 Å². The second kappa shape index (κ2) is 7.48. The Morgan fingerprint density at radius 1 is 1.07 bits per heavy atom. The molecule has 0 saturated carbocycles. The first-order chi connectivity index (χ1) is 12.8. The fourth-order valence-corrected chi connectivity index (χ4v) is 2.74. The molecule has 2 aromatic rings. The number of rotatable bonds is 4. The molecule has 0 saturated heterocycles. The highest BCUT2D eigenvalue weighted by Crippen LogP contribution is 2.32. The molecule has 3 rings (SSSR count). The summed E-state index contributed by atoms with van der Waals surface area (Å²) in [5.41, 5.74) is 0.679. The van der Waals surface area contributed by atoms with Crippen molar-refractivity contribution in [3.63, 3.8) is 0 Å². The summed E-state index contributed by atoms with van der Waals surface area (Å²) in [6.07, 6.45) is -0.144. The molecule has 9 heteroatoms. The first-order valence-corrected chi connectivity index (χ1v) is 7.95. The number of hydrogen-bond donors (Lipinski definition) is 3. The maximum absolute atomic E-state index is 13.3. The Labute approximate surface area is 151 Å². The van der Waals surface area contributed by atoms with Gasteiger partial charge in [-0.2, -0.15) is 0 Å². The van der Waals surface area contributed by atoms with E-state index in [9.17, 15) is 27.6 Å². The van der Waals surface area contributed by atoms with Crippen molar-refractivity contribution in [2.24, 2.45) is 0 Å². The van der Waals surface area contributed by atoms with Crippen LogP contribution < -0.4 is 16.0 Å². The molecule has 1 heterocycles. The third-order valence-corrected chi connectivity index (χ3v) is 4.00. The molecule has 140 valence electrons. The van der Waals surface area contributed by atoms with Gasteiger partial charge in [0.15, 0.2) is 11.6 Å². The van der Waals surface area contributed by atoms with Crippen LogP contribution in [0.4, 0.5) is 24.5 Å². The zero-order chi connectivity index (χ0) is 19.6. The molecule has 0 aliphatic carbocycles. The van der Waals surface area contributed by atoms with Crippen LogP contribution in [0.2, 0.25) is 0 Å². The number of carbonyl (C=O) groups excluding carboxylic acids is 3. The van der Waals surface area contributed by atoms with Crippen molar-refractivity contribution in [3.8, 4) is 0 Å². The summed E-state index contributed by atoms with van der Waals surface area (Å²) in [5, 5.41) is 7.18. The smallest absolute Gasteiger partial charge is 0.243 e. The van der Waals surface area contributed by atoms with Gasteiger partial charge in [-0.25, -0.2) is 13.2 Å². The zero-order valence-corrected chi connectivity index (χ0v) is 13.8. The van der Waals surface area contributed by atoms with Gasteiger partial charge in [0.1, 0.15) is 5.82 Å². The van der Waals surface area contributed by atoms with E-state index in [0.29, 0.717) is 5.56 Å². The van der Waals surface area contributed by atoms with Crippen molar-refractivity contribution in [1.29, 1.82) is 0 Å². The summed E-state index contributed by atoms with van der Waals surface area (Å²) in [5.74, 6) is -5.28. The molecule has 27 heavy (non-hydrogen) atoms. The topological polar surface area (TPSA) is 87.3 Å². The lowest BCUT2D eigenvalue weighted by molar-refractivity contribution is -0.127. The highest BCUT2D eigenvalue weighted by Gasteiger charge is 2.31. The van der Waals surface area contributed by atoms with Gasteiger partial charge in [0.05, 0.1) is 12.5 Å². The maximum atomic E-state index is 13.3. The molecule has 2 aromatic carbocycles. The number of anilines is 2. The van der Waals surface area contributed by atoms with E-state index in [4.69, 9.17) is 0 Å². The quantitative estimate of drug-likeness (QED) is 0.764. The van der Waals surface area contributed by atoms with Gasteiger partial charge in [0.2, 0.25) is 17.7 Å². The molecule has 1 atom stereocenters. The minimum absolute atomic E-state index is 0.0333. The van der Waals surface area contributed by atoms with Crippen LogP contribution in [0.15, 0.2) is 36.4 Å². The number of amides is 3. The fourth-order valence-electron chi connectivity index (χ4n) is 2.74. The van der Waals surface area contributed by atoms with E-state index >= 15 is 0 Å². The SMILES string of the molecule is O=C(CNC(=O)[C@H]1CC(=O)Nc2cc(F)ccc21)Nc1ccc(F)c(F)c1. The fraction of sp³-hybridized carbons (Fsp3) is 0.167. The Morgan fingerprint density at radius 2 is 1.85 bits per heavy atom. The van der Waals surface area contributed by atoms with Gasteiger partial charge < -0.3 is 16.0 Å². The molecule has 0 aromatic heterocycles. The number of nitrogens with one attached hydrogen (secondary N) is 3. The molecule has 6 nitrogen and oxygen atoms in total. The Morgan fingerprint density at radius 3 is 2.59 bits per heavy atom. The molecule has 1 aliphatic rings. The zero-order valence-electron chi connectivity index (χ0n) is 13.8. The van der Waals surface area contributed by atoms with E-state index < -0.39 is 47.6 Å². The van der Waals surface area contributed by atoms with Crippen molar-refractivity contribution in [2.75, 3.05) is 17.2 Å². The highest BCUT2D eigenvalue weighted by molar-refractivity contribution is 6.02. The van der Waals surface area contributed by atoms with Gasteiger partial charge in [-0.05, 0) is 29.8 Å². The van der Waals surface area contributed by atoms with Crippen LogP contribution >= 0.6 is 0 Å². The number of halogens is 3. The predicted molar refractivity (Wildman–Crippen MR) is 90.4 cm³/mol. The molecular formula is C18H14F3N3O3. The summed E-state index contributed by atoms with van der Waals surface area (Å²) in [4.78, 5) is 36.0. The summed E-state index contributed by atoms with van der Waals surface area (Å²) < 4.78 is 39.3. The standard InChI is InChI=1S/C18H14F3N3O3/c19-9-1-3-11-12(7-16(25)24-15(11)5-9)18(27)22-8-17(26)23-10-2-4-13(20)14(21)6-10/h1-6,12H,7-8H2,(H,22,27)(H,23,26)(H,24,25)/t12-/m0/s1. The van der Waals surface area contributed by atoms with Crippen molar-refractivity contribution in [3.05, 3.63) is 59.4 Å². The van der Waals surface area contributed by atoms with Crippen LogP contribution in [0.1, 0.15) is 17.9 Å². The van der Waals surface area contributed by atoms with Crippen LogP contribution in [-0.4, -0.2) is 24.3 Å².